The van der Waals surface area contributed by atoms with E-state index in [0.29, 0.717) is 24.4 Å². The quantitative estimate of drug-likeness (QED) is 0.923. The monoisotopic (exact) mass is 278 g/mol. The van der Waals surface area contributed by atoms with E-state index < -0.39 is 0 Å². The molecule has 1 aliphatic carbocycles. The first-order chi connectivity index (χ1) is 9.47. The van der Waals surface area contributed by atoms with E-state index in [9.17, 15) is 4.79 Å². The summed E-state index contributed by atoms with van der Waals surface area (Å²) >= 11 is 0. The second-order valence-corrected chi connectivity index (χ2v) is 6.20. The van der Waals surface area contributed by atoms with Gasteiger partial charge in [0.1, 0.15) is 0 Å². The van der Waals surface area contributed by atoms with Crippen LogP contribution < -0.4 is 5.32 Å². The van der Waals surface area contributed by atoms with Crippen LogP contribution >= 0.6 is 0 Å². The molecule has 5 heteroatoms. The van der Waals surface area contributed by atoms with E-state index in [2.05, 4.69) is 24.3 Å². The molecule has 1 aromatic rings. The molecule has 0 radical (unpaired) electrons. The van der Waals surface area contributed by atoms with Gasteiger partial charge in [-0.05, 0) is 18.3 Å². The van der Waals surface area contributed by atoms with Crippen LogP contribution in [0.2, 0.25) is 0 Å². The summed E-state index contributed by atoms with van der Waals surface area (Å²) in [6.07, 6.45) is 7.32. The maximum atomic E-state index is 12.3. The van der Waals surface area contributed by atoms with Crippen LogP contribution in [0.1, 0.15) is 38.7 Å². The Kier molecular flexibility index (Phi) is 4.68. The van der Waals surface area contributed by atoms with E-state index in [1.165, 1.54) is 12.8 Å². The van der Waals surface area contributed by atoms with Crippen molar-refractivity contribution in [3.05, 3.63) is 18.0 Å². The molecule has 0 bridgehead atoms. The summed E-state index contributed by atoms with van der Waals surface area (Å²) in [6, 6.07) is 0.322. The van der Waals surface area contributed by atoms with Crippen LogP contribution in [0.4, 0.5) is 4.79 Å². The Morgan fingerprint density at radius 2 is 2.25 bits per heavy atom. The second-order valence-electron chi connectivity index (χ2n) is 6.20. The lowest BCUT2D eigenvalue weighted by Gasteiger charge is -2.35. The number of carbonyl (C=O) groups is 1. The smallest absolute Gasteiger partial charge is 0.317 e. The van der Waals surface area contributed by atoms with Crippen LogP contribution in [0, 0.1) is 11.8 Å². The number of nitrogens with zero attached hydrogens (tertiary/aromatic N) is 3. The molecule has 0 spiro atoms. The summed E-state index contributed by atoms with van der Waals surface area (Å²) in [5, 5.41) is 7.31. The average Bonchev–Trinajstić information content (AvgIpc) is 2.80. The van der Waals surface area contributed by atoms with Gasteiger partial charge in [-0.15, -0.1) is 0 Å². The third-order valence-electron chi connectivity index (χ3n) is 4.54. The van der Waals surface area contributed by atoms with E-state index in [4.69, 9.17) is 0 Å². The minimum Gasteiger partial charge on any atom is -0.335 e. The zero-order valence-corrected chi connectivity index (χ0v) is 13.0. The number of aryl methyl sites for hydroxylation is 1. The summed E-state index contributed by atoms with van der Waals surface area (Å²) in [7, 11) is 3.72. The minimum absolute atomic E-state index is 0.0137. The zero-order chi connectivity index (χ0) is 14.7. The predicted molar refractivity (Wildman–Crippen MR) is 79.2 cm³/mol. The molecule has 0 saturated heterocycles. The van der Waals surface area contributed by atoms with Crippen LogP contribution in [0.15, 0.2) is 12.4 Å². The van der Waals surface area contributed by atoms with E-state index in [-0.39, 0.29) is 6.03 Å². The molecule has 1 aliphatic rings. The molecule has 5 nitrogen and oxygen atoms in total. The average molecular weight is 278 g/mol. The first kappa shape index (κ1) is 14.9. The van der Waals surface area contributed by atoms with Crippen LogP contribution in [0.3, 0.4) is 0 Å². The van der Waals surface area contributed by atoms with E-state index in [1.54, 1.807) is 15.8 Å². The summed E-state index contributed by atoms with van der Waals surface area (Å²) < 4.78 is 1.76. The Hall–Kier alpha value is -1.52. The SMILES string of the molecule is CC1CCCC(NC(=O)N(C)Cc2cnn(C)c2)C1C. The van der Waals surface area contributed by atoms with Crippen molar-refractivity contribution in [2.75, 3.05) is 7.05 Å². The summed E-state index contributed by atoms with van der Waals surface area (Å²) in [5.41, 5.74) is 1.05. The predicted octanol–water partition coefficient (Wildman–Crippen LogP) is 2.39. The van der Waals surface area contributed by atoms with Crippen LogP contribution in [0.5, 0.6) is 0 Å². The third-order valence-corrected chi connectivity index (χ3v) is 4.54. The first-order valence-corrected chi connectivity index (χ1v) is 7.46. The summed E-state index contributed by atoms with van der Waals surface area (Å²) in [4.78, 5) is 14.0. The van der Waals surface area contributed by atoms with Crippen molar-refractivity contribution >= 4 is 6.03 Å². The number of hydrogen-bond acceptors (Lipinski definition) is 2. The molecule has 0 aromatic carbocycles. The molecule has 1 heterocycles. The highest BCUT2D eigenvalue weighted by molar-refractivity contribution is 5.74. The molecule has 2 amide bonds. The second kappa shape index (κ2) is 6.29. The summed E-state index contributed by atoms with van der Waals surface area (Å²) in [5.74, 6) is 1.25. The van der Waals surface area contributed by atoms with Crippen molar-refractivity contribution in [3.63, 3.8) is 0 Å². The van der Waals surface area contributed by atoms with Crippen molar-refractivity contribution in [3.8, 4) is 0 Å². The highest BCUT2D eigenvalue weighted by Crippen LogP contribution is 2.29. The van der Waals surface area contributed by atoms with Crippen molar-refractivity contribution in [1.82, 2.24) is 20.0 Å². The standard InChI is InChI=1S/C15H26N4O/c1-11-6-5-7-14(12(11)2)17-15(20)18(3)9-13-8-16-19(4)10-13/h8,10-12,14H,5-7,9H2,1-4H3,(H,17,20). The maximum absolute atomic E-state index is 12.3. The topological polar surface area (TPSA) is 50.2 Å². The molecule has 112 valence electrons. The van der Waals surface area contributed by atoms with Gasteiger partial charge in [-0.3, -0.25) is 4.68 Å². The van der Waals surface area contributed by atoms with Crippen LogP contribution in [-0.4, -0.2) is 33.8 Å². The molecule has 1 aromatic heterocycles. The fourth-order valence-corrected chi connectivity index (χ4v) is 2.95. The highest BCUT2D eigenvalue weighted by Gasteiger charge is 2.28. The van der Waals surface area contributed by atoms with Crippen molar-refractivity contribution < 1.29 is 4.79 Å². The van der Waals surface area contributed by atoms with Gasteiger partial charge in [-0.2, -0.15) is 5.10 Å². The van der Waals surface area contributed by atoms with E-state index >= 15 is 0 Å². The lowest BCUT2D eigenvalue weighted by Crippen LogP contribution is -2.48. The molecule has 2 rings (SSSR count). The molecule has 1 saturated carbocycles. The van der Waals surface area contributed by atoms with Gasteiger partial charge < -0.3 is 10.2 Å². The summed E-state index contributed by atoms with van der Waals surface area (Å²) in [6.45, 7) is 5.12. The molecule has 1 fully saturated rings. The number of urea groups is 1. The molecule has 0 aliphatic heterocycles. The lowest BCUT2D eigenvalue weighted by atomic mass is 9.78. The lowest BCUT2D eigenvalue weighted by molar-refractivity contribution is 0.173. The highest BCUT2D eigenvalue weighted by atomic mass is 16.2. The van der Waals surface area contributed by atoms with Gasteiger partial charge in [0.15, 0.2) is 0 Å². The maximum Gasteiger partial charge on any atom is 0.317 e. The van der Waals surface area contributed by atoms with Crippen molar-refractivity contribution in [1.29, 1.82) is 0 Å². The Morgan fingerprint density at radius 3 is 2.90 bits per heavy atom. The van der Waals surface area contributed by atoms with Gasteiger partial charge >= 0.3 is 6.03 Å². The van der Waals surface area contributed by atoms with Crippen molar-refractivity contribution in [2.24, 2.45) is 18.9 Å². The Labute approximate surface area is 121 Å². The number of rotatable bonds is 3. The van der Waals surface area contributed by atoms with Gasteiger partial charge in [-0.25, -0.2) is 4.79 Å². The largest absolute Gasteiger partial charge is 0.335 e. The molecular formula is C15H26N4O. The van der Waals surface area contributed by atoms with E-state index in [0.717, 1.165) is 12.0 Å². The fraction of sp³-hybridized carbons (Fsp3) is 0.733. The fourth-order valence-electron chi connectivity index (χ4n) is 2.95. The number of aromatic nitrogens is 2. The van der Waals surface area contributed by atoms with Crippen molar-refractivity contribution in [2.45, 2.75) is 45.7 Å². The van der Waals surface area contributed by atoms with E-state index in [1.807, 2.05) is 20.3 Å². The van der Waals surface area contributed by atoms with Gasteiger partial charge in [0.05, 0.1) is 12.7 Å². The Morgan fingerprint density at radius 1 is 1.50 bits per heavy atom. The molecule has 20 heavy (non-hydrogen) atoms. The Balaban J connectivity index is 1.87. The first-order valence-electron chi connectivity index (χ1n) is 7.46. The van der Waals surface area contributed by atoms with Crippen LogP contribution in [-0.2, 0) is 13.6 Å². The molecule has 3 atom stereocenters. The molecule has 1 N–H and O–H groups in total. The molecular weight excluding hydrogens is 252 g/mol. The number of amides is 2. The normalized spacial score (nSPS) is 26.3. The van der Waals surface area contributed by atoms with Crippen LogP contribution in [0.25, 0.3) is 0 Å². The zero-order valence-electron chi connectivity index (χ0n) is 13.0. The van der Waals surface area contributed by atoms with Gasteiger partial charge in [0.25, 0.3) is 0 Å². The number of carbonyl (C=O) groups excluding carboxylic acids is 1. The van der Waals surface area contributed by atoms with Gasteiger partial charge in [0.2, 0.25) is 0 Å². The third kappa shape index (κ3) is 3.52. The minimum atomic E-state index is 0.0137. The Bertz CT molecular complexity index is 456. The number of hydrogen-bond donors (Lipinski definition) is 1. The molecule has 3 unspecified atom stereocenters. The number of nitrogens with one attached hydrogen (secondary N) is 1. The van der Waals surface area contributed by atoms with Gasteiger partial charge in [-0.1, -0.05) is 26.7 Å². The van der Waals surface area contributed by atoms with Gasteiger partial charge in [0, 0.05) is 31.9 Å².